The maximum Gasteiger partial charge on any atom is 0.225 e. The maximum atomic E-state index is 13.1. The third kappa shape index (κ3) is 3.83. The van der Waals surface area contributed by atoms with Crippen molar-refractivity contribution in [1.82, 2.24) is 29.6 Å². The minimum Gasteiger partial charge on any atom is -0.356 e. The molecule has 0 N–H and O–H groups in total. The van der Waals surface area contributed by atoms with Crippen molar-refractivity contribution < 1.29 is 9.32 Å². The molecule has 0 aromatic carbocycles. The summed E-state index contributed by atoms with van der Waals surface area (Å²) in [5, 5.41) is 13.1. The molecule has 0 radical (unpaired) electrons. The first-order valence-corrected chi connectivity index (χ1v) is 10.2. The minimum atomic E-state index is -0.0448. The van der Waals surface area contributed by atoms with E-state index in [2.05, 4.69) is 10.3 Å². The van der Waals surface area contributed by atoms with Crippen LogP contribution in [0, 0.1) is 20.8 Å². The van der Waals surface area contributed by atoms with E-state index in [-0.39, 0.29) is 11.9 Å². The van der Waals surface area contributed by atoms with Crippen molar-refractivity contribution >= 4 is 5.91 Å². The van der Waals surface area contributed by atoms with Crippen LogP contribution in [0.3, 0.4) is 0 Å². The number of carbonyl (C=O) groups excluding carboxylic acids is 1. The lowest BCUT2D eigenvalue weighted by Crippen LogP contribution is -2.39. The Morgan fingerprint density at radius 3 is 2.76 bits per heavy atom. The van der Waals surface area contributed by atoms with Gasteiger partial charge < -0.3 is 9.42 Å². The van der Waals surface area contributed by atoms with E-state index < -0.39 is 0 Å². The summed E-state index contributed by atoms with van der Waals surface area (Å²) in [5.74, 6) is 0.889. The van der Waals surface area contributed by atoms with Gasteiger partial charge in [0.25, 0.3) is 0 Å². The molecule has 3 aromatic rings. The quantitative estimate of drug-likeness (QED) is 0.661. The van der Waals surface area contributed by atoms with Crippen LogP contribution in [0.1, 0.15) is 54.2 Å². The molecule has 0 spiro atoms. The summed E-state index contributed by atoms with van der Waals surface area (Å²) in [6.45, 7) is 7.29. The molecule has 4 heterocycles. The van der Waals surface area contributed by atoms with Gasteiger partial charge in [-0.05, 0) is 45.6 Å². The summed E-state index contributed by atoms with van der Waals surface area (Å²) in [6, 6.07) is -0.0448. The van der Waals surface area contributed by atoms with Crippen LogP contribution >= 0.6 is 0 Å². The molecule has 0 unspecified atom stereocenters. The number of carbonyl (C=O) groups is 1. The fourth-order valence-corrected chi connectivity index (χ4v) is 4.05. The first kappa shape index (κ1) is 19.4. The lowest BCUT2D eigenvalue weighted by molar-refractivity contribution is -0.135. The van der Waals surface area contributed by atoms with Gasteiger partial charge >= 0.3 is 0 Å². The molecule has 29 heavy (non-hydrogen) atoms. The van der Waals surface area contributed by atoms with Crippen LogP contribution in [0.4, 0.5) is 0 Å². The second kappa shape index (κ2) is 7.85. The number of aromatic nitrogens is 5. The fraction of sp³-hybridized carbons (Fsp3) is 0.524. The van der Waals surface area contributed by atoms with Gasteiger partial charge in [-0.1, -0.05) is 5.16 Å². The number of rotatable bonds is 5. The average Bonchev–Trinajstić information content (AvgIpc) is 3.39. The van der Waals surface area contributed by atoms with Crippen LogP contribution in [0.5, 0.6) is 0 Å². The van der Waals surface area contributed by atoms with Gasteiger partial charge in [-0.2, -0.15) is 10.2 Å². The first-order chi connectivity index (χ1) is 13.9. The Bertz CT molecular complexity index is 1010. The molecule has 1 atom stereocenters. The largest absolute Gasteiger partial charge is 0.356 e. The van der Waals surface area contributed by atoms with Crippen molar-refractivity contribution in [3.05, 3.63) is 41.1 Å². The highest BCUT2D eigenvalue weighted by Gasteiger charge is 2.33. The summed E-state index contributed by atoms with van der Waals surface area (Å²) in [7, 11) is 1.90. The molecule has 0 aliphatic carbocycles. The van der Waals surface area contributed by atoms with Crippen molar-refractivity contribution in [1.29, 1.82) is 0 Å². The lowest BCUT2D eigenvalue weighted by Gasteiger charge is -2.35. The van der Waals surface area contributed by atoms with E-state index in [1.807, 2.05) is 56.0 Å². The predicted molar refractivity (Wildman–Crippen MR) is 108 cm³/mol. The Balaban J connectivity index is 1.59. The maximum absolute atomic E-state index is 13.1. The smallest absolute Gasteiger partial charge is 0.225 e. The molecule has 8 nitrogen and oxygen atoms in total. The van der Waals surface area contributed by atoms with Crippen LogP contribution in [0.25, 0.3) is 11.3 Å². The molecule has 8 heteroatoms. The number of amides is 1. The monoisotopic (exact) mass is 396 g/mol. The van der Waals surface area contributed by atoms with Crippen molar-refractivity contribution in [2.24, 2.45) is 7.05 Å². The number of nitrogens with zero attached hydrogens (tertiary/aromatic N) is 6. The normalized spacial score (nSPS) is 17.1. The minimum absolute atomic E-state index is 0.0448. The third-order valence-corrected chi connectivity index (χ3v) is 5.72. The van der Waals surface area contributed by atoms with E-state index in [0.717, 1.165) is 59.6 Å². The van der Waals surface area contributed by atoms with Crippen LogP contribution in [-0.4, -0.2) is 42.1 Å². The van der Waals surface area contributed by atoms with E-state index in [0.29, 0.717) is 13.0 Å². The average molecular weight is 396 g/mol. The molecule has 0 bridgehead atoms. The fourth-order valence-electron chi connectivity index (χ4n) is 4.05. The van der Waals surface area contributed by atoms with Crippen LogP contribution < -0.4 is 0 Å². The van der Waals surface area contributed by atoms with Gasteiger partial charge in [0.05, 0.1) is 29.2 Å². The Hall–Kier alpha value is -2.90. The highest BCUT2D eigenvalue weighted by Crippen LogP contribution is 2.37. The summed E-state index contributed by atoms with van der Waals surface area (Å²) in [4.78, 5) is 15.1. The highest BCUT2D eigenvalue weighted by atomic mass is 16.5. The Morgan fingerprint density at radius 2 is 2.07 bits per heavy atom. The molecule has 0 saturated carbocycles. The molecule has 1 saturated heterocycles. The molecule has 3 aromatic heterocycles. The zero-order chi connectivity index (χ0) is 20.5. The van der Waals surface area contributed by atoms with Crippen molar-refractivity contribution in [3.8, 4) is 11.3 Å². The third-order valence-electron chi connectivity index (χ3n) is 5.72. The summed E-state index contributed by atoms with van der Waals surface area (Å²) in [6.07, 6.45) is 9.18. The van der Waals surface area contributed by atoms with Gasteiger partial charge in [-0.25, -0.2) is 0 Å². The Kier molecular flexibility index (Phi) is 5.25. The summed E-state index contributed by atoms with van der Waals surface area (Å²) < 4.78 is 9.24. The zero-order valence-electron chi connectivity index (χ0n) is 17.6. The Labute approximate surface area is 170 Å². The second-order valence-corrected chi connectivity index (χ2v) is 7.95. The Morgan fingerprint density at radius 1 is 1.24 bits per heavy atom. The summed E-state index contributed by atoms with van der Waals surface area (Å²) in [5.41, 5.74) is 4.82. The van der Waals surface area contributed by atoms with Gasteiger partial charge in [-0.3, -0.25) is 14.2 Å². The topological polar surface area (TPSA) is 82.0 Å². The molecule has 1 fully saturated rings. The van der Waals surface area contributed by atoms with Gasteiger partial charge in [-0.15, -0.1) is 0 Å². The van der Waals surface area contributed by atoms with E-state index in [1.54, 1.807) is 4.68 Å². The van der Waals surface area contributed by atoms with E-state index in [1.165, 1.54) is 0 Å². The molecular formula is C21H28N6O2. The SMILES string of the molecule is Cc1cnn(CCC(=O)N2CCCC[C@H]2c2nn(C)cc2-c2onc(C)c2C)c1. The van der Waals surface area contributed by atoms with Crippen LogP contribution in [-0.2, 0) is 18.4 Å². The first-order valence-electron chi connectivity index (χ1n) is 10.2. The van der Waals surface area contributed by atoms with Gasteiger partial charge in [0.1, 0.15) is 0 Å². The molecule has 1 aliphatic heterocycles. The van der Waals surface area contributed by atoms with E-state index >= 15 is 0 Å². The number of likely N-dealkylation sites (tertiary alicyclic amines) is 1. The molecule has 1 aliphatic rings. The molecule has 154 valence electrons. The zero-order valence-corrected chi connectivity index (χ0v) is 17.6. The van der Waals surface area contributed by atoms with Crippen LogP contribution in [0.15, 0.2) is 23.1 Å². The van der Waals surface area contributed by atoms with Crippen molar-refractivity contribution in [2.75, 3.05) is 6.54 Å². The number of hydrogen-bond acceptors (Lipinski definition) is 5. The van der Waals surface area contributed by atoms with Gasteiger partial charge in [0, 0.05) is 44.5 Å². The number of hydrogen-bond donors (Lipinski definition) is 0. The molecule has 4 rings (SSSR count). The standard InChI is InChI=1S/C21H28N6O2/c1-14-11-22-26(12-14)10-8-19(28)27-9-6-5-7-18(27)20-17(13-25(4)23-20)21-15(2)16(3)24-29-21/h11-13,18H,5-10H2,1-4H3/t18-/m0/s1. The lowest BCUT2D eigenvalue weighted by atomic mass is 9.95. The van der Waals surface area contributed by atoms with Gasteiger partial charge in [0.15, 0.2) is 5.76 Å². The van der Waals surface area contributed by atoms with E-state index in [4.69, 9.17) is 9.62 Å². The van der Waals surface area contributed by atoms with Crippen molar-refractivity contribution in [3.63, 3.8) is 0 Å². The predicted octanol–water partition coefficient (Wildman–Crippen LogP) is 3.34. The molecular weight excluding hydrogens is 368 g/mol. The van der Waals surface area contributed by atoms with Crippen LogP contribution in [0.2, 0.25) is 0 Å². The number of aryl methyl sites for hydroxylation is 4. The highest BCUT2D eigenvalue weighted by molar-refractivity contribution is 5.77. The second-order valence-electron chi connectivity index (χ2n) is 7.95. The summed E-state index contributed by atoms with van der Waals surface area (Å²) >= 11 is 0. The van der Waals surface area contributed by atoms with E-state index in [9.17, 15) is 4.79 Å². The van der Waals surface area contributed by atoms with Gasteiger partial charge in [0.2, 0.25) is 5.91 Å². The molecule has 1 amide bonds. The van der Waals surface area contributed by atoms with Crippen molar-refractivity contribution in [2.45, 2.75) is 59.0 Å². The number of piperidine rings is 1.